The third-order valence-corrected chi connectivity index (χ3v) is 5.87. The summed E-state index contributed by atoms with van der Waals surface area (Å²) >= 11 is 0. The highest BCUT2D eigenvalue weighted by molar-refractivity contribution is 5.94. The molecule has 0 aliphatic rings. The molecule has 0 bridgehead atoms. The average molecular weight is 573 g/mol. The van der Waals surface area contributed by atoms with Crippen molar-refractivity contribution in [1.82, 2.24) is 25.3 Å². The van der Waals surface area contributed by atoms with E-state index in [1.807, 2.05) is 60.7 Å². The van der Waals surface area contributed by atoms with E-state index < -0.39 is 0 Å². The van der Waals surface area contributed by atoms with Crippen molar-refractivity contribution in [1.29, 1.82) is 0 Å². The Morgan fingerprint density at radius 3 is 2.00 bits per heavy atom. The number of amides is 1. The van der Waals surface area contributed by atoms with Crippen LogP contribution in [-0.2, 0) is 22.6 Å². The van der Waals surface area contributed by atoms with E-state index in [1.54, 1.807) is 25.4 Å². The molecular formula is C30H36N8O4. The van der Waals surface area contributed by atoms with Gasteiger partial charge in [-0.1, -0.05) is 36.4 Å². The maximum atomic E-state index is 12.0. The van der Waals surface area contributed by atoms with Crippen LogP contribution < -0.4 is 26.0 Å². The zero-order chi connectivity index (χ0) is 29.2. The molecule has 0 saturated heterocycles. The molecule has 220 valence electrons. The minimum absolute atomic E-state index is 0.117. The van der Waals surface area contributed by atoms with Crippen LogP contribution in [0.2, 0.25) is 0 Å². The molecule has 4 N–H and O–H groups in total. The molecule has 0 aliphatic carbocycles. The van der Waals surface area contributed by atoms with Gasteiger partial charge in [-0.05, 0) is 42.0 Å². The van der Waals surface area contributed by atoms with Gasteiger partial charge in [0.15, 0.2) is 0 Å². The number of ether oxygens (including phenoxy) is 3. The maximum Gasteiger partial charge on any atom is 0.251 e. The zero-order valence-corrected chi connectivity index (χ0v) is 23.6. The SMILES string of the molecule is COc1ccc(CNc2nc(NCCOCCOCCNC(=O)c3ccccc3)nc(NCc3ccccn3)n2)cc1. The molecule has 0 atom stereocenters. The number of carbonyl (C=O) groups excluding carboxylic acids is 1. The number of methoxy groups -OCH3 is 1. The number of hydrogen-bond donors (Lipinski definition) is 4. The van der Waals surface area contributed by atoms with Crippen LogP contribution in [0.3, 0.4) is 0 Å². The van der Waals surface area contributed by atoms with Crippen molar-refractivity contribution in [3.8, 4) is 5.75 Å². The van der Waals surface area contributed by atoms with Crippen LogP contribution in [0.25, 0.3) is 0 Å². The molecule has 2 heterocycles. The number of nitrogens with zero attached hydrogens (tertiary/aromatic N) is 4. The predicted octanol–water partition coefficient (Wildman–Crippen LogP) is 3.37. The van der Waals surface area contributed by atoms with Gasteiger partial charge in [-0.2, -0.15) is 15.0 Å². The van der Waals surface area contributed by atoms with Crippen molar-refractivity contribution in [2.45, 2.75) is 13.1 Å². The fourth-order valence-corrected chi connectivity index (χ4v) is 3.70. The molecule has 2 aromatic carbocycles. The van der Waals surface area contributed by atoms with E-state index in [4.69, 9.17) is 14.2 Å². The van der Waals surface area contributed by atoms with Crippen LogP contribution in [0.1, 0.15) is 21.6 Å². The topological polar surface area (TPSA) is 144 Å². The molecule has 0 radical (unpaired) electrons. The summed E-state index contributed by atoms with van der Waals surface area (Å²) < 4.78 is 16.4. The first-order chi connectivity index (χ1) is 20.7. The Morgan fingerprint density at radius 1 is 0.690 bits per heavy atom. The lowest BCUT2D eigenvalue weighted by molar-refractivity contribution is 0.0519. The number of nitrogens with one attached hydrogen (secondary N) is 4. The largest absolute Gasteiger partial charge is 0.497 e. The van der Waals surface area contributed by atoms with Crippen LogP contribution in [0.4, 0.5) is 17.8 Å². The molecule has 1 amide bonds. The number of aromatic nitrogens is 4. The lowest BCUT2D eigenvalue weighted by atomic mass is 10.2. The third-order valence-electron chi connectivity index (χ3n) is 5.87. The highest BCUT2D eigenvalue weighted by atomic mass is 16.5. The van der Waals surface area contributed by atoms with Crippen LogP contribution in [0.5, 0.6) is 5.75 Å². The Kier molecular flexibility index (Phi) is 12.3. The number of rotatable bonds is 18. The zero-order valence-electron chi connectivity index (χ0n) is 23.6. The minimum Gasteiger partial charge on any atom is -0.497 e. The van der Waals surface area contributed by atoms with Crippen molar-refractivity contribution in [3.05, 3.63) is 95.8 Å². The summed E-state index contributed by atoms with van der Waals surface area (Å²) in [6.07, 6.45) is 1.74. The van der Waals surface area contributed by atoms with Crippen LogP contribution in [0, 0.1) is 0 Å². The summed E-state index contributed by atoms with van der Waals surface area (Å²) in [5, 5.41) is 12.5. The molecule has 0 saturated carbocycles. The quantitative estimate of drug-likeness (QED) is 0.130. The van der Waals surface area contributed by atoms with Gasteiger partial charge >= 0.3 is 0 Å². The highest BCUT2D eigenvalue weighted by Gasteiger charge is 2.08. The molecule has 0 unspecified atom stereocenters. The van der Waals surface area contributed by atoms with Gasteiger partial charge in [0.25, 0.3) is 5.91 Å². The molecule has 12 nitrogen and oxygen atoms in total. The molecule has 0 spiro atoms. The van der Waals surface area contributed by atoms with Crippen molar-refractivity contribution < 1.29 is 19.0 Å². The van der Waals surface area contributed by atoms with Crippen LogP contribution in [-0.4, -0.2) is 72.5 Å². The molecule has 2 aromatic heterocycles. The Balaban J connectivity index is 1.18. The standard InChI is InChI=1S/C30H36N8O4/c1-40-26-12-10-23(11-13-26)21-34-29-36-28(37-30(38-29)35-22-25-9-5-6-14-31-25)33-16-18-42-20-19-41-17-15-32-27(39)24-7-3-2-4-8-24/h2-14H,15-22H2,1H3,(H,32,39)(H3,33,34,35,36,37,38). The van der Waals surface area contributed by atoms with Gasteiger partial charge in [-0.25, -0.2) is 0 Å². The van der Waals surface area contributed by atoms with Gasteiger partial charge in [0.1, 0.15) is 5.75 Å². The maximum absolute atomic E-state index is 12.0. The van der Waals surface area contributed by atoms with Gasteiger partial charge < -0.3 is 35.5 Å². The van der Waals surface area contributed by atoms with Crippen molar-refractivity contribution in [2.24, 2.45) is 0 Å². The summed E-state index contributed by atoms with van der Waals surface area (Å²) in [5.41, 5.74) is 2.56. The number of benzene rings is 2. The van der Waals surface area contributed by atoms with E-state index in [1.165, 1.54) is 0 Å². The summed E-state index contributed by atoms with van der Waals surface area (Å²) in [7, 11) is 1.64. The second-order valence-electron chi connectivity index (χ2n) is 8.96. The summed E-state index contributed by atoms with van der Waals surface area (Å²) in [6, 6.07) is 22.6. The first kappa shape index (κ1) is 30.2. The van der Waals surface area contributed by atoms with Gasteiger partial charge in [-0.15, -0.1) is 0 Å². The van der Waals surface area contributed by atoms with E-state index in [0.717, 1.165) is 17.0 Å². The monoisotopic (exact) mass is 572 g/mol. The first-order valence-corrected chi connectivity index (χ1v) is 13.7. The van der Waals surface area contributed by atoms with Gasteiger partial charge in [-0.3, -0.25) is 9.78 Å². The number of hydrogen-bond acceptors (Lipinski definition) is 11. The molecule has 12 heteroatoms. The van der Waals surface area contributed by atoms with Crippen LogP contribution in [0.15, 0.2) is 79.0 Å². The second-order valence-corrected chi connectivity index (χ2v) is 8.96. The minimum atomic E-state index is -0.117. The van der Waals surface area contributed by atoms with Gasteiger partial charge in [0, 0.05) is 31.4 Å². The van der Waals surface area contributed by atoms with E-state index >= 15 is 0 Å². The Morgan fingerprint density at radius 2 is 1.33 bits per heavy atom. The highest BCUT2D eigenvalue weighted by Crippen LogP contribution is 2.14. The Hall–Kier alpha value is -4.81. The fraction of sp³-hybridized carbons (Fsp3) is 0.300. The van der Waals surface area contributed by atoms with Gasteiger partial charge in [0.2, 0.25) is 17.8 Å². The summed E-state index contributed by atoms with van der Waals surface area (Å²) in [4.78, 5) is 29.8. The average Bonchev–Trinajstić information content (AvgIpc) is 3.04. The summed E-state index contributed by atoms with van der Waals surface area (Å²) in [5.74, 6) is 1.95. The van der Waals surface area contributed by atoms with E-state index in [9.17, 15) is 4.79 Å². The van der Waals surface area contributed by atoms with E-state index in [0.29, 0.717) is 76.0 Å². The second kappa shape index (κ2) is 17.1. The lowest BCUT2D eigenvalue weighted by Gasteiger charge is -2.12. The normalized spacial score (nSPS) is 10.6. The van der Waals surface area contributed by atoms with Gasteiger partial charge in [0.05, 0.1) is 45.8 Å². The molecule has 4 rings (SSSR count). The predicted molar refractivity (Wildman–Crippen MR) is 161 cm³/mol. The molecule has 0 aliphatic heterocycles. The van der Waals surface area contributed by atoms with Crippen molar-refractivity contribution >= 4 is 23.8 Å². The molecule has 4 aromatic rings. The number of pyridine rings is 1. The van der Waals surface area contributed by atoms with Crippen molar-refractivity contribution in [3.63, 3.8) is 0 Å². The van der Waals surface area contributed by atoms with Crippen LogP contribution >= 0.6 is 0 Å². The smallest absolute Gasteiger partial charge is 0.251 e. The summed E-state index contributed by atoms with van der Waals surface area (Å²) in [6.45, 7) is 3.63. The Bertz CT molecular complexity index is 1340. The first-order valence-electron chi connectivity index (χ1n) is 13.7. The van der Waals surface area contributed by atoms with Crippen molar-refractivity contribution in [2.75, 3.05) is 62.6 Å². The Labute approximate surface area is 245 Å². The number of anilines is 3. The van der Waals surface area contributed by atoms with E-state index in [2.05, 4.69) is 41.2 Å². The fourth-order valence-electron chi connectivity index (χ4n) is 3.70. The van der Waals surface area contributed by atoms with E-state index in [-0.39, 0.29) is 5.91 Å². The third kappa shape index (κ3) is 10.6. The molecular weight excluding hydrogens is 536 g/mol. The molecule has 42 heavy (non-hydrogen) atoms. The molecule has 0 fully saturated rings. The lowest BCUT2D eigenvalue weighted by Crippen LogP contribution is -2.27. The number of carbonyl (C=O) groups is 1.